The molecular formula is C14H21NO2S. The van der Waals surface area contributed by atoms with Crippen LogP contribution < -0.4 is 5.32 Å². The highest BCUT2D eigenvalue weighted by molar-refractivity contribution is 7.12. The van der Waals surface area contributed by atoms with Crippen molar-refractivity contribution in [1.29, 1.82) is 0 Å². The van der Waals surface area contributed by atoms with Crippen LogP contribution in [0.5, 0.6) is 0 Å². The Hall–Kier alpha value is -0.870. The third-order valence-electron chi connectivity index (χ3n) is 3.86. The van der Waals surface area contributed by atoms with E-state index in [0.29, 0.717) is 22.9 Å². The fourth-order valence-corrected chi connectivity index (χ4v) is 3.28. The molecule has 0 aromatic carbocycles. The molecule has 2 N–H and O–H groups in total. The van der Waals surface area contributed by atoms with Crippen molar-refractivity contribution in [3.05, 3.63) is 21.9 Å². The van der Waals surface area contributed by atoms with Gasteiger partial charge in [-0.15, -0.1) is 11.3 Å². The van der Waals surface area contributed by atoms with Gasteiger partial charge in [0, 0.05) is 12.6 Å². The summed E-state index contributed by atoms with van der Waals surface area (Å²) < 4.78 is 0. The van der Waals surface area contributed by atoms with Crippen molar-refractivity contribution >= 4 is 17.3 Å². The lowest BCUT2D eigenvalue weighted by Gasteiger charge is -2.34. The number of carboxylic acids is 1. The number of hydrogen-bond acceptors (Lipinski definition) is 3. The minimum Gasteiger partial charge on any atom is -0.477 e. The highest BCUT2D eigenvalue weighted by Crippen LogP contribution is 2.35. The first kappa shape index (κ1) is 13.6. The molecule has 0 amide bonds. The van der Waals surface area contributed by atoms with E-state index in [2.05, 4.69) is 19.2 Å². The molecule has 1 aromatic heterocycles. The summed E-state index contributed by atoms with van der Waals surface area (Å²) in [5, 5.41) is 14.4. The van der Waals surface area contributed by atoms with Crippen LogP contribution in [0.4, 0.5) is 0 Å². The topological polar surface area (TPSA) is 49.3 Å². The van der Waals surface area contributed by atoms with Crippen molar-refractivity contribution in [2.45, 2.75) is 52.1 Å². The summed E-state index contributed by atoms with van der Waals surface area (Å²) in [6.07, 6.45) is 4.89. The summed E-state index contributed by atoms with van der Waals surface area (Å²) >= 11 is 1.30. The summed E-state index contributed by atoms with van der Waals surface area (Å²) in [7, 11) is 0. The van der Waals surface area contributed by atoms with Crippen LogP contribution in [0, 0.1) is 5.41 Å². The molecule has 4 heteroatoms. The van der Waals surface area contributed by atoms with Gasteiger partial charge in [-0.2, -0.15) is 0 Å². The summed E-state index contributed by atoms with van der Waals surface area (Å²) in [4.78, 5) is 11.5. The fourth-order valence-electron chi connectivity index (χ4n) is 2.52. The Morgan fingerprint density at radius 3 is 2.78 bits per heavy atom. The Morgan fingerprint density at radius 2 is 2.17 bits per heavy atom. The molecule has 0 atom stereocenters. The Bertz CT molecular complexity index is 415. The highest BCUT2D eigenvalue weighted by atomic mass is 32.1. The third-order valence-corrected chi connectivity index (χ3v) is 4.81. The first-order valence-corrected chi connectivity index (χ1v) is 7.39. The summed E-state index contributed by atoms with van der Waals surface area (Å²) in [6.45, 7) is 5.32. The second-order valence-corrected chi connectivity index (χ2v) is 6.82. The maximum Gasteiger partial charge on any atom is 0.346 e. The molecule has 100 valence electrons. The molecule has 0 aliphatic heterocycles. The van der Waals surface area contributed by atoms with Crippen molar-refractivity contribution in [2.75, 3.05) is 0 Å². The number of aromatic carboxylic acids is 1. The molecule has 0 unspecified atom stereocenters. The summed E-state index contributed by atoms with van der Waals surface area (Å²) in [5.41, 5.74) is 1.39. The molecule has 1 aliphatic carbocycles. The van der Waals surface area contributed by atoms with Crippen LogP contribution in [0.25, 0.3) is 0 Å². The third kappa shape index (κ3) is 3.33. The van der Waals surface area contributed by atoms with Crippen LogP contribution in [0.2, 0.25) is 0 Å². The quantitative estimate of drug-likeness (QED) is 0.877. The highest BCUT2D eigenvalue weighted by Gasteiger charge is 2.26. The Balaban J connectivity index is 1.85. The number of thiophene rings is 1. The molecule has 18 heavy (non-hydrogen) atoms. The number of hydrogen-bond donors (Lipinski definition) is 2. The van der Waals surface area contributed by atoms with Gasteiger partial charge in [-0.3, -0.25) is 0 Å². The molecule has 2 rings (SSSR count). The van der Waals surface area contributed by atoms with Crippen molar-refractivity contribution in [3.63, 3.8) is 0 Å². The normalized spacial score (nSPS) is 19.9. The van der Waals surface area contributed by atoms with Crippen LogP contribution in [0.3, 0.4) is 0 Å². The largest absolute Gasteiger partial charge is 0.477 e. The Labute approximate surface area is 112 Å². The minimum absolute atomic E-state index is 0.471. The predicted molar refractivity (Wildman–Crippen MR) is 74.2 cm³/mol. The summed E-state index contributed by atoms with van der Waals surface area (Å²) in [5.74, 6) is -0.813. The monoisotopic (exact) mass is 267 g/mol. The number of carbonyl (C=O) groups is 1. The molecule has 0 bridgehead atoms. The van der Waals surface area contributed by atoms with E-state index in [-0.39, 0.29) is 0 Å². The van der Waals surface area contributed by atoms with Gasteiger partial charge in [-0.05, 0) is 48.1 Å². The zero-order valence-electron chi connectivity index (χ0n) is 11.0. The maximum atomic E-state index is 11.0. The smallest absolute Gasteiger partial charge is 0.346 e. The average molecular weight is 267 g/mol. The number of nitrogens with one attached hydrogen (secondary N) is 1. The molecule has 0 radical (unpaired) electrons. The van der Waals surface area contributed by atoms with Gasteiger partial charge in [0.25, 0.3) is 0 Å². The number of carboxylic acid groups (broad SMARTS) is 1. The maximum absolute atomic E-state index is 11.0. The molecule has 1 saturated carbocycles. The van der Waals surface area contributed by atoms with E-state index in [1.807, 2.05) is 11.4 Å². The van der Waals surface area contributed by atoms with Crippen LogP contribution in [-0.4, -0.2) is 17.1 Å². The molecular weight excluding hydrogens is 246 g/mol. The first-order chi connectivity index (χ1) is 8.48. The van der Waals surface area contributed by atoms with Crippen molar-refractivity contribution < 1.29 is 9.90 Å². The molecule has 3 nitrogen and oxygen atoms in total. The summed E-state index contributed by atoms with van der Waals surface area (Å²) in [6, 6.07) is 2.45. The zero-order chi connectivity index (χ0) is 13.2. The van der Waals surface area contributed by atoms with Gasteiger partial charge >= 0.3 is 5.97 Å². The van der Waals surface area contributed by atoms with E-state index < -0.39 is 5.97 Å². The van der Waals surface area contributed by atoms with Crippen molar-refractivity contribution in [3.8, 4) is 0 Å². The van der Waals surface area contributed by atoms with Gasteiger partial charge < -0.3 is 10.4 Å². The van der Waals surface area contributed by atoms with Crippen LogP contribution in [0.15, 0.2) is 11.4 Å². The van der Waals surface area contributed by atoms with Gasteiger partial charge in [-0.25, -0.2) is 4.79 Å². The zero-order valence-corrected chi connectivity index (χ0v) is 11.8. The lowest BCUT2D eigenvalue weighted by molar-refractivity contribution is 0.0701. The van der Waals surface area contributed by atoms with Gasteiger partial charge in [0.1, 0.15) is 4.88 Å². The molecule has 0 saturated heterocycles. The number of rotatable bonds is 4. The lowest BCUT2D eigenvalue weighted by atomic mass is 9.75. The molecule has 1 heterocycles. The van der Waals surface area contributed by atoms with Crippen LogP contribution >= 0.6 is 11.3 Å². The fraction of sp³-hybridized carbons (Fsp3) is 0.643. The van der Waals surface area contributed by atoms with Gasteiger partial charge in [0.2, 0.25) is 0 Å². The van der Waals surface area contributed by atoms with Crippen molar-refractivity contribution in [1.82, 2.24) is 5.32 Å². The standard InChI is InChI=1S/C14H21NO2S/c1-14(2)6-3-11(4-7-14)15-9-10-5-8-18-12(10)13(16)17/h5,8,11,15H,3-4,6-7,9H2,1-2H3,(H,16,17). The first-order valence-electron chi connectivity index (χ1n) is 6.51. The van der Waals surface area contributed by atoms with Crippen LogP contribution in [0.1, 0.15) is 54.8 Å². The SMILES string of the molecule is CC1(C)CCC(NCc2ccsc2C(=O)O)CC1. The van der Waals surface area contributed by atoms with E-state index in [4.69, 9.17) is 5.11 Å². The Morgan fingerprint density at radius 1 is 1.50 bits per heavy atom. The van der Waals surface area contributed by atoms with E-state index in [1.165, 1.54) is 37.0 Å². The van der Waals surface area contributed by atoms with E-state index in [9.17, 15) is 4.79 Å². The average Bonchev–Trinajstić information content (AvgIpc) is 2.76. The van der Waals surface area contributed by atoms with E-state index in [0.717, 1.165) is 5.56 Å². The Kier molecular flexibility index (Phi) is 4.07. The minimum atomic E-state index is -0.813. The van der Waals surface area contributed by atoms with Gasteiger partial charge in [0.15, 0.2) is 0 Å². The van der Waals surface area contributed by atoms with E-state index >= 15 is 0 Å². The molecule has 1 fully saturated rings. The second-order valence-electron chi connectivity index (χ2n) is 5.90. The second kappa shape index (κ2) is 5.41. The molecule has 0 spiro atoms. The van der Waals surface area contributed by atoms with Gasteiger partial charge in [0.05, 0.1) is 0 Å². The van der Waals surface area contributed by atoms with Crippen LogP contribution in [-0.2, 0) is 6.54 Å². The molecule has 1 aliphatic rings. The lowest BCUT2D eigenvalue weighted by Crippen LogP contribution is -2.35. The van der Waals surface area contributed by atoms with Crippen molar-refractivity contribution in [2.24, 2.45) is 5.41 Å². The van der Waals surface area contributed by atoms with Gasteiger partial charge in [-0.1, -0.05) is 13.8 Å². The molecule has 1 aromatic rings. The predicted octanol–water partition coefficient (Wildman–Crippen LogP) is 3.50. The van der Waals surface area contributed by atoms with E-state index in [1.54, 1.807) is 0 Å².